The Balaban J connectivity index is 2.52. The van der Waals surface area contributed by atoms with E-state index in [1.807, 2.05) is 12.1 Å². The normalized spacial score (nSPS) is 11.9. The van der Waals surface area contributed by atoms with Gasteiger partial charge in [-0.3, -0.25) is 15.1 Å². The molecule has 1 aromatic rings. The van der Waals surface area contributed by atoms with Gasteiger partial charge >= 0.3 is 5.97 Å². The molecule has 0 bridgehead atoms. The Morgan fingerprint density at radius 2 is 2.28 bits per heavy atom. The first kappa shape index (κ1) is 14.1. The number of likely N-dealkylation sites (N-methyl/N-ethyl adjacent to an activating group) is 2. The van der Waals surface area contributed by atoms with Crippen LogP contribution in [0.3, 0.4) is 0 Å². The van der Waals surface area contributed by atoms with Crippen LogP contribution < -0.4 is 5.32 Å². The highest BCUT2D eigenvalue weighted by molar-refractivity contribution is 6.00. The highest BCUT2D eigenvalue weighted by atomic mass is 16.4. The van der Waals surface area contributed by atoms with E-state index in [1.165, 1.54) is 11.9 Å². The van der Waals surface area contributed by atoms with Gasteiger partial charge in [0.05, 0.1) is 0 Å². The largest absolute Gasteiger partial charge is 0.480 e. The van der Waals surface area contributed by atoms with Gasteiger partial charge in [-0.05, 0) is 25.1 Å². The van der Waals surface area contributed by atoms with Crippen LogP contribution in [0, 0.1) is 0 Å². The molecule has 0 aliphatic heterocycles. The van der Waals surface area contributed by atoms with Crippen molar-refractivity contribution in [1.29, 1.82) is 0 Å². The number of aromatic nitrogens is 1. The predicted molar refractivity (Wildman–Crippen MR) is 66.1 cm³/mol. The number of amides is 1. The molecule has 0 radical (unpaired) electrons. The van der Waals surface area contributed by atoms with Gasteiger partial charge in [0.1, 0.15) is 0 Å². The minimum atomic E-state index is -1.19. The standard InChI is InChI=1S/C12H17N3O3/c1-13-10(12(17)18)11(16)15(2)7-5-9-4-3-6-14-8-9/h3-4,6,8,10,13H,5,7H2,1-2H3,(H,17,18). The number of nitrogens with one attached hydrogen (secondary N) is 1. The maximum Gasteiger partial charge on any atom is 0.330 e. The monoisotopic (exact) mass is 251 g/mol. The van der Waals surface area contributed by atoms with Crippen LogP contribution in [-0.4, -0.2) is 53.5 Å². The number of rotatable bonds is 6. The Labute approximate surface area is 106 Å². The van der Waals surface area contributed by atoms with Gasteiger partial charge in [0.2, 0.25) is 0 Å². The number of hydrogen-bond acceptors (Lipinski definition) is 4. The number of carboxylic acid groups (broad SMARTS) is 1. The third-order valence-electron chi connectivity index (χ3n) is 2.62. The maximum absolute atomic E-state index is 11.8. The molecule has 1 amide bonds. The molecule has 0 saturated carbocycles. The Kier molecular flexibility index (Phi) is 5.26. The van der Waals surface area contributed by atoms with E-state index in [0.29, 0.717) is 13.0 Å². The molecule has 6 heteroatoms. The van der Waals surface area contributed by atoms with E-state index in [-0.39, 0.29) is 0 Å². The molecule has 2 N–H and O–H groups in total. The molecular formula is C12H17N3O3. The first-order valence-electron chi connectivity index (χ1n) is 5.60. The second-order valence-electron chi connectivity index (χ2n) is 3.93. The van der Waals surface area contributed by atoms with Crippen LogP contribution in [0.2, 0.25) is 0 Å². The predicted octanol–water partition coefficient (Wildman–Crippen LogP) is -0.245. The first-order valence-corrected chi connectivity index (χ1v) is 5.60. The average molecular weight is 251 g/mol. The smallest absolute Gasteiger partial charge is 0.330 e. The fourth-order valence-corrected chi connectivity index (χ4v) is 1.53. The van der Waals surface area contributed by atoms with Crippen LogP contribution in [0.5, 0.6) is 0 Å². The number of aliphatic carboxylic acids is 1. The molecule has 0 fully saturated rings. The third-order valence-corrected chi connectivity index (χ3v) is 2.62. The lowest BCUT2D eigenvalue weighted by Crippen LogP contribution is -2.48. The van der Waals surface area contributed by atoms with Crippen molar-refractivity contribution >= 4 is 11.9 Å². The lowest BCUT2D eigenvalue weighted by atomic mass is 10.2. The van der Waals surface area contributed by atoms with E-state index in [1.54, 1.807) is 19.4 Å². The summed E-state index contributed by atoms with van der Waals surface area (Å²) in [5.41, 5.74) is 1.01. The van der Waals surface area contributed by atoms with Crippen LogP contribution in [0.1, 0.15) is 5.56 Å². The quantitative estimate of drug-likeness (QED) is 0.682. The lowest BCUT2D eigenvalue weighted by Gasteiger charge is -2.20. The second-order valence-corrected chi connectivity index (χ2v) is 3.93. The van der Waals surface area contributed by atoms with E-state index in [9.17, 15) is 9.59 Å². The van der Waals surface area contributed by atoms with Crippen LogP contribution in [0.15, 0.2) is 24.5 Å². The SMILES string of the molecule is CNC(C(=O)O)C(=O)N(C)CCc1cccnc1. The van der Waals surface area contributed by atoms with Crippen molar-refractivity contribution in [1.82, 2.24) is 15.2 Å². The number of carbonyl (C=O) groups is 2. The molecule has 98 valence electrons. The minimum Gasteiger partial charge on any atom is -0.480 e. The van der Waals surface area contributed by atoms with Crippen molar-refractivity contribution in [2.75, 3.05) is 20.6 Å². The zero-order valence-corrected chi connectivity index (χ0v) is 10.5. The van der Waals surface area contributed by atoms with E-state index in [2.05, 4.69) is 10.3 Å². The van der Waals surface area contributed by atoms with E-state index >= 15 is 0 Å². The van der Waals surface area contributed by atoms with Crippen LogP contribution in [-0.2, 0) is 16.0 Å². The number of carboxylic acids is 1. The highest BCUT2D eigenvalue weighted by Gasteiger charge is 2.26. The maximum atomic E-state index is 11.8. The van der Waals surface area contributed by atoms with Crippen LogP contribution in [0.4, 0.5) is 0 Å². The molecule has 0 saturated heterocycles. The Bertz CT molecular complexity index is 408. The number of pyridine rings is 1. The van der Waals surface area contributed by atoms with Crippen molar-refractivity contribution in [3.8, 4) is 0 Å². The van der Waals surface area contributed by atoms with Gasteiger partial charge in [-0.1, -0.05) is 6.07 Å². The Hall–Kier alpha value is -1.95. The average Bonchev–Trinajstić information content (AvgIpc) is 2.37. The van der Waals surface area contributed by atoms with Crippen molar-refractivity contribution < 1.29 is 14.7 Å². The summed E-state index contributed by atoms with van der Waals surface area (Å²) in [5.74, 6) is -1.62. The van der Waals surface area contributed by atoms with Gasteiger partial charge in [-0.15, -0.1) is 0 Å². The summed E-state index contributed by atoms with van der Waals surface area (Å²) in [6.07, 6.45) is 4.05. The summed E-state index contributed by atoms with van der Waals surface area (Å²) in [5, 5.41) is 11.3. The van der Waals surface area contributed by atoms with Gasteiger partial charge in [-0.25, -0.2) is 4.79 Å². The van der Waals surface area contributed by atoms with E-state index in [4.69, 9.17) is 5.11 Å². The molecule has 1 unspecified atom stereocenters. The van der Waals surface area contributed by atoms with E-state index < -0.39 is 17.9 Å². The van der Waals surface area contributed by atoms with Crippen molar-refractivity contribution in [2.24, 2.45) is 0 Å². The summed E-state index contributed by atoms with van der Waals surface area (Å²) in [7, 11) is 3.04. The fraction of sp³-hybridized carbons (Fsp3) is 0.417. The first-order chi connectivity index (χ1) is 8.56. The summed E-state index contributed by atoms with van der Waals surface area (Å²) < 4.78 is 0. The number of nitrogens with zero attached hydrogens (tertiary/aromatic N) is 2. The van der Waals surface area contributed by atoms with Crippen molar-refractivity contribution in [3.05, 3.63) is 30.1 Å². The van der Waals surface area contributed by atoms with E-state index in [0.717, 1.165) is 5.56 Å². The van der Waals surface area contributed by atoms with Crippen LogP contribution >= 0.6 is 0 Å². The van der Waals surface area contributed by atoms with Crippen molar-refractivity contribution in [3.63, 3.8) is 0 Å². The summed E-state index contributed by atoms with van der Waals surface area (Å²) in [6, 6.07) is 2.55. The topological polar surface area (TPSA) is 82.5 Å². The molecule has 1 heterocycles. The fourth-order valence-electron chi connectivity index (χ4n) is 1.53. The summed E-state index contributed by atoms with van der Waals surface area (Å²) >= 11 is 0. The molecule has 1 rings (SSSR count). The number of hydrogen-bond donors (Lipinski definition) is 2. The Morgan fingerprint density at radius 1 is 1.56 bits per heavy atom. The number of carbonyl (C=O) groups excluding carboxylic acids is 1. The van der Waals surface area contributed by atoms with Crippen LogP contribution in [0.25, 0.3) is 0 Å². The van der Waals surface area contributed by atoms with Gasteiger partial charge in [-0.2, -0.15) is 0 Å². The van der Waals surface area contributed by atoms with Gasteiger partial charge in [0.15, 0.2) is 6.04 Å². The molecular weight excluding hydrogens is 234 g/mol. The second kappa shape index (κ2) is 6.70. The molecule has 0 spiro atoms. The molecule has 6 nitrogen and oxygen atoms in total. The molecule has 18 heavy (non-hydrogen) atoms. The summed E-state index contributed by atoms with van der Waals surface area (Å²) in [6.45, 7) is 0.454. The zero-order chi connectivity index (χ0) is 13.5. The molecule has 0 aliphatic rings. The molecule has 1 aromatic heterocycles. The van der Waals surface area contributed by atoms with Crippen molar-refractivity contribution in [2.45, 2.75) is 12.5 Å². The van der Waals surface area contributed by atoms with Gasteiger partial charge in [0.25, 0.3) is 5.91 Å². The van der Waals surface area contributed by atoms with Gasteiger partial charge < -0.3 is 10.0 Å². The lowest BCUT2D eigenvalue weighted by molar-refractivity contribution is -0.147. The Morgan fingerprint density at radius 3 is 2.78 bits per heavy atom. The molecule has 0 aromatic carbocycles. The third kappa shape index (κ3) is 3.81. The van der Waals surface area contributed by atoms with Gasteiger partial charge in [0, 0.05) is 26.0 Å². The summed E-state index contributed by atoms with van der Waals surface area (Å²) in [4.78, 5) is 28.0. The highest BCUT2D eigenvalue weighted by Crippen LogP contribution is 2.00. The minimum absolute atomic E-state index is 0.450. The molecule has 0 aliphatic carbocycles. The molecule has 1 atom stereocenters. The zero-order valence-electron chi connectivity index (χ0n) is 10.5.